The Kier molecular flexibility index (Phi) is 5.00. The number of rotatable bonds is 5. The molecule has 0 fully saturated rings. The summed E-state index contributed by atoms with van der Waals surface area (Å²) in [5, 5.41) is 5.87. The molecule has 1 rings (SSSR count). The summed E-state index contributed by atoms with van der Waals surface area (Å²) in [4.78, 5) is 3.66. The second-order valence-electron chi connectivity index (χ2n) is 4.23. The molecule has 0 radical (unpaired) electrons. The zero-order valence-corrected chi connectivity index (χ0v) is 10.8. The van der Waals surface area contributed by atoms with Crippen molar-refractivity contribution in [2.45, 2.75) is 31.7 Å². The normalized spacial score (nSPS) is 14.8. The van der Waals surface area contributed by atoms with Gasteiger partial charge in [0, 0.05) is 19.5 Å². The maximum absolute atomic E-state index is 12.7. The fraction of sp³-hybridized carbons (Fsp3) is 0.800. The van der Waals surface area contributed by atoms with Crippen molar-refractivity contribution in [1.29, 1.82) is 0 Å². The minimum atomic E-state index is -5.39. The van der Waals surface area contributed by atoms with Crippen LogP contribution in [0.5, 0.6) is 0 Å². The highest BCUT2D eigenvalue weighted by atomic mass is 19.4. The molecule has 4 nitrogen and oxygen atoms in total. The van der Waals surface area contributed by atoms with Gasteiger partial charge in [0.1, 0.15) is 12.2 Å². The summed E-state index contributed by atoms with van der Waals surface area (Å²) < 4.78 is 77.4. The molecule has 1 atom stereocenters. The lowest BCUT2D eigenvalue weighted by Gasteiger charge is -2.30. The van der Waals surface area contributed by atoms with Crippen molar-refractivity contribution in [1.82, 2.24) is 20.1 Å². The van der Waals surface area contributed by atoms with Crippen LogP contribution in [0, 0.1) is 5.92 Å². The van der Waals surface area contributed by atoms with Gasteiger partial charge in [-0.15, -0.1) is 0 Å². The van der Waals surface area contributed by atoms with E-state index in [2.05, 4.69) is 15.4 Å². The number of hydrogen-bond acceptors (Lipinski definition) is 3. The lowest BCUT2D eigenvalue weighted by Crippen LogP contribution is -2.52. The topological polar surface area (TPSA) is 42.7 Å². The highest BCUT2D eigenvalue weighted by Crippen LogP contribution is 2.42. The van der Waals surface area contributed by atoms with E-state index in [-0.39, 0.29) is 12.4 Å². The van der Waals surface area contributed by atoms with E-state index in [1.807, 2.05) is 0 Å². The van der Waals surface area contributed by atoms with Crippen molar-refractivity contribution in [3.8, 4) is 0 Å². The fourth-order valence-corrected chi connectivity index (χ4v) is 1.91. The predicted molar refractivity (Wildman–Crippen MR) is 57.8 cm³/mol. The third kappa shape index (κ3) is 4.09. The molecule has 116 valence electrons. The van der Waals surface area contributed by atoms with Crippen LogP contribution < -0.4 is 5.32 Å². The van der Waals surface area contributed by atoms with Gasteiger partial charge in [0.2, 0.25) is 0 Å². The molecule has 0 saturated carbocycles. The Morgan fingerprint density at radius 3 is 2.10 bits per heavy atom. The third-order valence-corrected chi connectivity index (χ3v) is 2.78. The molecule has 0 aromatic carbocycles. The summed E-state index contributed by atoms with van der Waals surface area (Å²) in [6.07, 6.45) is -10.2. The zero-order chi connectivity index (χ0) is 15.6. The van der Waals surface area contributed by atoms with Crippen LogP contribution in [0.15, 0.2) is 6.33 Å². The summed E-state index contributed by atoms with van der Waals surface area (Å²) in [7, 11) is 1.40. The van der Waals surface area contributed by atoms with Gasteiger partial charge < -0.3 is 5.32 Å². The van der Waals surface area contributed by atoms with Gasteiger partial charge in [-0.25, -0.2) is 4.98 Å². The van der Waals surface area contributed by atoms with Crippen molar-refractivity contribution >= 4 is 0 Å². The summed E-state index contributed by atoms with van der Waals surface area (Å²) in [6, 6.07) is -1.84. The molecule has 20 heavy (non-hydrogen) atoms. The second-order valence-corrected chi connectivity index (χ2v) is 4.23. The van der Waals surface area contributed by atoms with Gasteiger partial charge in [-0.3, -0.25) is 4.68 Å². The molecule has 0 aliphatic rings. The SMILES string of the molecule is CCNC(Cc1ncnn1C)C(C(F)(F)F)C(F)(F)F. The van der Waals surface area contributed by atoms with Gasteiger partial charge in [0.15, 0.2) is 5.92 Å². The second kappa shape index (κ2) is 5.98. The Balaban J connectivity index is 3.06. The van der Waals surface area contributed by atoms with E-state index in [4.69, 9.17) is 0 Å². The molecule has 1 aromatic heterocycles. The van der Waals surface area contributed by atoms with Gasteiger partial charge in [-0.1, -0.05) is 6.92 Å². The molecular weight excluding hydrogens is 290 g/mol. The first-order valence-corrected chi connectivity index (χ1v) is 5.77. The first kappa shape index (κ1) is 16.7. The molecule has 0 saturated heterocycles. The highest BCUT2D eigenvalue weighted by molar-refractivity contribution is 4.95. The van der Waals surface area contributed by atoms with Crippen LogP contribution in [-0.2, 0) is 13.5 Å². The monoisotopic (exact) mass is 304 g/mol. The average Bonchev–Trinajstić information content (AvgIpc) is 2.60. The summed E-state index contributed by atoms with van der Waals surface area (Å²) >= 11 is 0. The van der Waals surface area contributed by atoms with Gasteiger partial charge >= 0.3 is 12.4 Å². The molecular formula is C10H14F6N4. The van der Waals surface area contributed by atoms with Crippen LogP contribution >= 0.6 is 0 Å². The molecule has 0 amide bonds. The van der Waals surface area contributed by atoms with Crippen molar-refractivity contribution in [3.05, 3.63) is 12.2 Å². The smallest absolute Gasteiger partial charge is 0.313 e. The first-order valence-electron chi connectivity index (χ1n) is 5.77. The molecule has 0 bridgehead atoms. The van der Waals surface area contributed by atoms with Gasteiger partial charge in [0.25, 0.3) is 0 Å². The highest BCUT2D eigenvalue weighted by Gasteiger charge is 2.60. The van der Waals surface area contributed by atoms with E-state index in [9.17, 15) is 26.3 Å². The quantitative estimate of drug-likeness (QED) is 0.847. The lowest BCUT2D eigenvalue weighted by molar-refractivity contribution is -0.291. The Hall–Kier alpha value is -1.32. The number of likely N-dealkylation sites (N-methyl/N-ethyl adjacent to an activating group) is 1. The molecule has 0 aliphatic carbocycles. The summed E-state index contributed by atoms with van der Waals surface area (Å²) in [6.45, 7) is 1.42. The summed E-state index contributed by atoms with van der Waals surface area (Å²) in [5.41, 5.74) is 0. The predicted octanol–water partition coefficient (Wildman–Crippen LogP) is 2.08. The molecule has 1 N–H and O–H groups in total. The van der Waals surface area contributed by atoms with E-state index in [0.29, 0.717) is 0 Å². The van der Waals surface area contributed by atoms with Crippen LogP contribution in [0.25, 0.3) is 0 Å². The largest absolute Gasteiger partial charge is 0.402 e. The number of hydrogen-bond donors (Lipinski definition) is 1. The minimum Gasteiger partial charge on any atom is -0.313 e. The lowest BCUT2D eigenvalue weighted by atomic mass is 9.95. The number of aromatic nitrogens is 3. The van der Waals surface area contributed by atoms with E-state index >= 15 is 0 Å². The molecule has 0 aliphatic heterocycles. The zero-order valence-electron chi connectivity index (χ0n) is 10.8. The molecule has 1 aromatic rings. The van der Waals surface area contributed by atoms with E-state index in [1.54, 1.807) is 0 Å². The van der Waals surface area contributed by atoms with Gasteiger partial charge in [-0.05, 0) is 6.54 Å². The van der Waals surface area contributed by atoms with Crippen molar-refractivity contribution in [3.63, 3.8) is 0 Å². The van der Waals surface area contributed by atoms with E-state index in [0.717, 1.165) is 11.0 Å². The fourth-order valence-electron chi connectivity index (χ4n) is 1.91. The Morgan fingerprint density at radius 1 is 1.20 bits per heavy atom. The molecule has 0 spiro atoms. The first-order chi connectivity index (χ1) is 9.07. The molecule has 10 heteroatoms. The Morgan fingerprint density at radius 2 is 1.75 bits per heavy atom. The summed E-state index contributed by atoms with van der Waals surface area (Å²) in [5.74, 6) is -3.40. The standard InChI is InChI=1S/C10H14F6N4/c1-3-17-6(4-7-18-5-19-20(7)2)8(9(11,12)13)10(14,15)16/h5-6,8,17H,3-4H2,1-2H3. The van der Waals surface area contributed by atoms with Crippen molar-refractivity contribution in [2.75, 3.05) is 6.54 Å². The van der Waals surface area contributed by atoms with Crippen LogP contribution in [0.3, 0.4) is 0 Å². The minimum absolute atomic E-state index is 0.0226. The van der Waals surface area contributed by atoms with Gasteiger partial charge in [0.05, 0.1) is 0 Å². The van der Waals surface area contributed by atoms with Crippen LogP contribution in [0.2, 0.25) is 0 Å². The number of halogens is 6. The van der Waals surface area contributed by atoms with Crippen LogP contribution in [-0.4, -0.2) is 39.7 Å². The van der Waals surface area contributed by atoms with Crippen molar-refractivity contribution in [2.24, 2.45) is 13.0 Å². The maximum atomic E-state index is 12.7. The average molecular weight is 304 g/mol. The van der Waals surface area contributed by atoms with Crippen LogP contribution in [0.1, 0.15) is 12.7 Å². The van der Waals surface area contributed by atoms with Crippen LogP contribution in [0.4, 0.5) is 26.3 Å². The Bertz CT molecular complexity index is 410. The Labute approximate surface area is 111 Å². The number of aryl methyl sites for hydroxylation is 1. The van der Waals surface area contributed by atoms with Crippen molar-refractivity contribution < 1.29 is 26.3 Å². The van der Waals surface area contributed by atoms with E-state index < -0.39 is 30.7 Å². The third-order valence-electron chi connectivity index (χ3n) is 2.78. The number of alkyl halides is 6. The molecule has 1 heterocycles. The number of nitrogens with one attached hydrogen (secondary N) is 1. The maximum Gasteiger partial charge on any atom is 0.402 e. The van der Waals surface area contributed by atoms with E-state index in [1.165, 1.54) is 14.0 Å². The molecule has 1 unspecified atom stereocenters. The van der Waals surface area contributed by atoms with Gasteiger partial charge in [-0.2, -0.15) is 31.4 Å². The number of nitrogens with zero attached hydrogens (tertiary/aromatic N) is 3.